The molecule has 0 atom stereocenters. The van der Waals surface area contributed by atoms with Crippen LogP contribution in [0.2, 0.25) is 0 Å². The lowest BCUT2D eigenvalue weighted by molar-refractivity contribution is -0.140. The van der Waals surface area contributed by atoms with Crippen molar-refractivity contribution in [2.75, 3.05) is 18.2 Å². The zero-order chi connectivity index (χ0) is 20.6. The molecule has 0 bridgehead atoms. The van der Waals surface area contributed by atoms with Crippen LogP contribution in [0.5, 0.6) is 0 Å². The molecule has 8 heteroatoms. The molecule has 0 unspecified atom stereocenters. The number of hydrogen-bond acceptors (Lipinski definition) is 6. The maximum absolute atomic E-state index is 13.3. The van der Waals surface area contributed by atoms with Crippen molar-refractivity contribution in [1.82, 2.24) is 9.88 Å². The largest absolute Gasteiger partial charge is 0.469 e. The first-order valence-corrected chi connectivity index (χ1v) is 12.6. The lowest BCUT2D eigenvalue weighted by Gasteiger charge is -2.42. The summed E-state index contributed by atoms with van der Waals surface area (Å²) in [6.07, 6.45) is 12.7. The molecule has 1 aromatic rings. The third-order valence-electron chi connectivity index (χ3n) is 6.06. The minimum atomic E-state index is -0.208. The van der Waals surface area contributed by atoms with E-state index in [9.17, 15) is 9.59 Å². The number of urea groups is 1. The third-order valence-corrected chi connectivity index (χ3v) is 8.17. The molecular formula is C21H33N3O3S2. The molecule has 0 saturated heterocycles. The van der Waals surface area contributed by atoms with E-state index >= 15 is 0 Å². The number of carbonyl (C=O) groups excluding carboxylic acids is 2. The number of anilines is 1. The van der Waals surface area contributed by atoms with Gasteiger partial charge in [0.2, 0.25) is 0 Å². The van der Waals surface area contributed by atoms with Crippen molar-refractivity contribution in [2.45, 2.75) is 87.4 Å². The van der Waals surface area contributed by atoms with Crippen LogP contribution in [-0.4, -0.2) is 46.8 Å². The zero-order valence-corrected chi connectivity index (χ0v) is 19.2. The highest BCUT2D eigenvalue weighted by Gasteiger charge is 2.34. The van der Waals surface area contributed by atoms with Crippen molar-refractivity contribution in [3.63, 3.8) is 0 Å². The van der Waals surface area contributed by atoms with Crippen LogP contribution in [0.25, 0.3) is 0 Å². The average Bonchev–Trinajstić information content (AvgIpc) is 3.17. The van der Waals surface area contributed by atoms with E-state index in [2.05, 4.69) is 26.9 Å². The van der Waals surface area contributed by atoms with E-state index in [-0.39, 0.29) is 12.0 Å². The van der Waals surface area contributed by atoms with Gasteiger partial charge in [0.05, 0.1) is 23.9 Å². The number of thioether (sulfide) groups is 1. The first-order chi connectivity index (χ1) is 14.1. The van der Waals surface area contributed by atoms with Gasteiger partial charge in [0.1, 0.15) is 0 Å². The van der Waals surface area contributed by atoms with Gasteiger partial charge in [-0.3, -0.25) is 10.1 Å². The van der Waals surface area contributed by atoms with Gasteiger partial charge in [0, 0.05) is 17.8 Å². The van der Waals surface area contributed by atoms with E-state index in [1.165, 1.54) is 50.6 Å². The number of ether oxygens (including phenoxy) is 1. The SMILES string of the molecule is COC(=O)CCSc1cnc(NC(=O)N(C2CCCCC2)C2CCC(C)CC2)s1. The summed E-state index contributed by atoms with van der Waals surface area (Å²) in [6.45, 7) is 2.32. The first-order valence-electron chi connectivity index (χ1n) is 10.8. The smallest absolute Gasteiger partial charge is 0.324 e. The fraction of sp³-hybridized carbons (Fsp3) is 0.762. The zero-order valence-electron chi connectivity index (χ0n) is 17.5. The minimum Gasteiger partial charge on any atom is -0.469 e. The van der Waals surface area contributed by atoms with Gasteiger partial charge in [-0.25, -0.2) is 9.78 Å². The molecule has 0 aliphatic heterocycles. The number of amides is 2. The van der Waals surface area contributed by atoms with E-state index in [0.717, 1.165) is 35.8 Å². The van der Waals surface area contributed by atoms with Crippen molar-refractivity contribution in [2.24, 2.45) is 5.92 Å². The lowest BCUT2D eigenvalue weighted by Crippen LogP contribution is -2.51. The third kappa shape index (κ3) is 6.60. The Labute approximate surface area is 182 Å². The quantitative estimate of drug-likeness (QED) is 0.446. The molecule has 1 aromatic heterocycles. The summed E-state index contributed by atoms with van der Waals surface area (Å²) in [5.74, 6) is 1.21. The van der Waals surface area contributed by atoms with E-state index in [1.807, 2.05) is 0 Å². The second-order valence-electron chi connectivity index (χ2n) is 8.20. The molecule has 29 heavy (non-hydrogen) atoms. The molecular weight excluding hydrogens is 406 g/mol. The molecule has 3 rings (SSSR count). The molecule has 1 N–H and O–H groups in total. The fourth-order valence-electron chi connectivity index (χ4n) is 4.39. The van der Waals surface area contributed by atoms with Crippen molar-refractivity contribution in [3.8, 4) is 0 Å². The van der Waals surface area contributed by atoms with Crippen LogP contribution in [0, 0.1) is 5.92 Å². The topological polar surface area (TPSA) is 71.5 Å². The Morgan fingerprint density at radius 3 is 2.55 bits per heavy atom. The molecule has 2 aliphatic carbocycles. The summed E-state index contributed by atoms with van der Waals surface area (Å²) in [5.41, 5.74) is 0. The normalized spacial score (nSPS) is 22.8. The van der Waals surface area contributed by atoms with Crippen LogP contribution in [0.4, 0.5) is 9.93 Å². The standard InChI is InChI=1S/C21H33N3O3S2/c1-15-8-10-17(11-9-15)24(16-6-4-3-5-7-16)21(26)23-20-22-14-19(29-20)28-13-12-18(25)27-2/h14-17H,3-13H2,1-2H3,(H,22,23,26). The number of thiazole rings is 1. The van der Waals surface area contributed by atoms with E-state index < -0.39 is 0 Å². The van der Waals surface area contributed by atoms with Crippen LogP contribution in [0.3, 0.4) is 0 Å². The molecule has 0 radical (unpaired) electrons. The van der Waals surface area contributed by atoms with Gasteiger partial charge in [0.15, 0.2) is 5.13 Å². The van der Waals surface area contributed by atoms with E-state index in [1.54, 1.807) is 18.0 Å². The summed E-state index contributed by atoms with van der Waals surface area (Å²) in [5, 5.41) is 3.71. The molecule has 2 saturated carbocycles. The number of nitrogens with zero attached hydrogens (tertiary/aromatic N) is 2. The highest BCUT2D eigenvalue weighted by atomic mass is 32.2. The van der Waals surface area contributed by atoms with Crippen LogP contribution in [0.1, 0.15) is 71.1 Å². The average molecular weight is 440 g/mol. The highest BCUT2D eigenvalue weighted by Crippen LogP contribution is 2.34. The second kappa shape index (κ2) is 11.2. The molecule has 162 valence electrons. The monoisotopic (exact) mass is 439 g/mol. The Morgan fingerprint density at radius 1 is 1.17 bits per heavy atom. The Balaban J connectivity index is 1.59. The Morgan fingerprint density at radius 2 is 1.86 bits per heavy atom. The summed E-state index contributed by atoms with van der Waals surface area (Å²) < 4.78 is 5.67. The van der Waals surface area contributed by atoms with Crippen molar-refractivity contribution in [1.29, 1.82) is 0 Å². The molecule has 2 aliphatic rings. The number of aromatic nitrogens is 1. The van der Waals surface area contributed by atoms with Gasteiger partial charge in [-0.1, -0.05) is 37.5 Å². The number of esters is 1. The number of hydrogen-bond donors (Lipinski definition) is 1. The molecule has 0 aromatic carbocycles. The predicted molar refractivity (Wildman–Crippen MR) is 119 cm³/mol. The summed E-state index contributed by atoms with van der Waals surface area (Å²) >= 11 is 3.04. The maximum Gasteiger partial charge on any atom is 0.324 e. The molecule has 1 heterocycles. The Bertz CT molecular complexity index is 668. The number of methoxy groups -OCH3 is 1. The van der Waals surface area contributed by atoms with Gasteiger partial charge >= 0.3 is 12.0 Å². The maximum atomic E-state index is 13.3. The van der Waals surface area contributed by atoms with Gasteiger partial charge in [-0.05, 0) is 44.4 Å². The van der Waals surface area contributed by atoms with Crippen LogP contribution < -0.4 is 5.32 Å². The molecule has 2 fully saturated rings. The summed E-state index contributed by atoms with van der Waals surface area (Å²) in [7, 11) is 1.40. The summed E-state index contributed by atoms with van der Waals surface area (Å²) in [4.78, 5) is 31.0. The van der Waals surface area contributed by atoms with Gasteiger partial charge in [0.25, 0.3) is 0 Å². The van der Waals surface area contributed by atoms with E-state index in [0.29, 0.717) is 29.4 Å². The van der Waals surface area contributed by atoms with Gasteiger partial charge < -0.3 is 9.64 Å². The minimum absolute atomic E-state index is 0.0110. The van der Waals surface area contributed by atoms with Gasteiger partial charge in [-0.15, -0.1) is 11.8 Å². The van der Waals surface area contributed by atoms with Crippen molar-refractivity contribution < 1.29 is 14.3 Å². The number of rotatable bonds is 7. The van der Waals surface area contributed by atoms with Crippen molar-refractivity contribution in [3.05, 3.63) is 6.20 Å². The molecule has 2 amide bonds. The molecule has 0 spiro atoms. The van der Waals surface area contributed by atoms with Crippen LogP contribution in [0.15, 0.2) is 10.4 Å². The Hall–Kier alpha value is -1.28. The predicted octanol–water partition coefficient (Wildman–Crippen LogP) is 5.54. The fourth-order valence-corrected chi connectivity index (χ4v) is 6.25. The first kappa shape index (κ1) is 22.4. The molecule has 6 nitrogen and oxygen atoms in total. The van der Waals surface area contributed by atoms with Crippen molar-refractivity contribution >= 4 is 40.2 Å². The highest BCUT2D eigenvalue weighted by molar-refractivity contribution is 8.01. The van der Waals surface area contributed by atoms with Crippen LogP contribution >= 0.6 is 23.1 Å². The summed E-state index contributed by atoms with van der Waals surface area (Å²) in [6, 6.07) is 0.719. The van der Waals surface area contributed by atoms with E-state index in [4.69, 9.17) is 0 Å². The Kier molecular flexibility index (Phi) is 8.66. The van der Waals surface area contributed by atoms with Gasteiger partial charge in [-0.2, -0.15) is 0 Å². The number of carbonyl (C=O) groups is 2. The number of nitrogens with one attached hydrogen (secondary N) is 1. The second-order valence-corrected chi connectivity index (χ2v) is 10.6. The van der Waals surface area contributed by atoms with Crippen LogP contribution in [-0.2, 0) is 9.53 Å². The lowest BCUT2D eigenvalue weighted by atomic mass is 9.84.